The lowest BCUT2D eigenvalue weighted by Crippen LogP contribution is -2.34. The van der Waals surface area contributed by atoms with E-state index in [0.717, 1.165) is 68.0 Å². The van der Waals surface area contributed by atoms with Gasteiger partial charge in [-0.25, -0.2) is 9.97 Å². The monoisotopic (exact) mass is 314 g/mol. The van der Waals surface area contributed by atoms with E-state index in [1.54, 1.807) is 0 Å². The van der Waals surface area contributed by atoms with Crippen LogP contribution in [0.3, 0.4) is 0 Å². The molecule has 23 heavy (non-hydrogen) atoms. The molecule has 1 N–H and O–H groups in total. The smallest absolute Gasteiger partial charge is 0.137 e. The summed E-state index contributed by atoms with van der Waals surface area (Å²) in [7, 11) is 2.17. The molecule has 0 unspecified atom stereocenters. The number of para-hydroxylation sites is 1. The van der Waals surface area contributed by atoms with E-state index < -0.39 is 0 Å². The number of likely N-dealkylation sites (tertiary alicyclic amines) is 1. The van der Waals surface area contributed by atoms with Crippen LogP contribution in [-0.2, 0) is 4.74 Å². The van der Waals surface area contributed by atoms with E-state index in [9.17, 15) is 0 Å². The van der Waals surface area contributed by atoms with Crippen LogP contribution in [0.25, 0.3) is 10.9 Å². The van der Waals surface area contributed by atoms with Gasteiger partial charge in [0.05, 0.1) is 11.6 Å². The predicted molar refractivity (Wildman–Crippen MR) is 93.9 cm³/mol. The highest BCUT2D eigenvalue weighted by molar-refractivity contribution is 5.88. The highest BCUT2D eigenvalue weighted by Gasteiger charge is 2.16. The maximum atomic E-state index is 5.98. The summed E-state index contributed by atoms with van der Waals surface area (Å²) in [5.74, 6) is 1.72. The summed E-state index contributed by atoms with van der Waals surface area (Å²) in [5.41, 5.74) is 0.991. The molecule has 1 aromatic heterocycles. The SMILES string of the molecule is Cc1nc(NCCCOC2CCN(C)CC2)c2ccccc2n1. The number of piperidine rings is 1. The number of fused-ring (bicyclic) bond motifs is 1. The molecule has 2 heterocycles. The van der Waals surface area contributed by atoms with Gasteiger partial charge < -0.3 is 15.0 Å². The fourth-order valence-corrected chi connectivity index (χ4v) is 3.01. The Labute approximate surface area is 138 Å². The average molecular weight is 314 g/mol. The first-order chi connectivity index (χ1) is 11.2. The highest BCUT2D eigenvalue weighted by Crippen LogP contribution is 2.19. The Morgan fingerprint density at radius 3 is 2.83 bits per heavy atom. The number of hydrogen-bond acceptors (Lipinski definition) is 5. The molecular weight excluding hydrogens is 288 g/mol. The van der Waals surface area contributed by atoms with Crippen molar-refractivity contribution in [1.29, 1.82) is 0 Å². The molecule has 1 aromatic carbocycles. The van der Waals surface area contributed by atoms with Gasteiger partial charge in [0, 0.05) is 31.6 Å². The number of ether oxygens (including phenoxy) is 1. The summed E-state index contributed by atoms with van der Waals surface area (Å²) in [5, 5.41) is 4.51. The fraction of sp³-hybridized carbons (Fsp3) is 0.556. The Hall–Kier alpha value is -1.72. The maximum Gasteiger partial charge on any atom is 0.137 e. The number of hydrogen-bond donors (Lipinski definition) is 1. The van der Waals surface area contributed by atoms with Crippen LogP contribution in [0.2, 0.25) is 0 Å². The van der Waals surface area contributed by atoms with Crippen LogP contribution in [0, 0.1) is 6.92 Å². The number of anilines is 1. The molecule has 0 spiro atoms. The van der Waals surface area contributed by atoms with Gasteiger partial charge in [0.1, 0.15) is 11.6 Å². The first-order valence-electron chi connectivity index (χ1n) is 8.50. The van der Waals surface area contributed by atoms with Gasteiger partial charge in [0.15, 0.2) is 0 Å². The Balaban J connectivity index is 1.46. The van der Waals surface area contributed by atoms with Crippen LogP contribution < -0.4 is 5.32 Å². The zero-order valence-corrected chi connectivity index (χ0v) is 14.1. The van der Waals surface area contributed by atoms with Crippen molar-refractivity contribution in [2.45, 2.75) is 32.3 Å². The number of nitrogens with zero attached hydrogens (tertiary/aromatic N) is 3. The van der Waals surface area contributed by atoms with Gasteiger partial charge >= 0.3 is 0 Å². The normalized spacial score (nSPS) is 16.8. The van der Waals surface area contributed by atoms with Crippen LogP contribution in [0.1, 0.15) is 25.1 Å². The van der Waals surface area contributed by atoms with Crippen molar-refractivity contribution in [3.63, 3.8) is 0 Å². The van der Waals surface area contributed by atoms with Crippen molar-refractivity contribution in [2.75, 3.05) is 38.6 Å². The minimum absolute atomic E-state index is 0.438. The first kappa shape index (κ1) is 16.1. The lowest BCUT2D eigenvalue weighted by Gasteiger charge is -2.28. The third-order valence-corrected chi connectivity index (χ3v) is 4.35. The second kappa shape index (κ2) is 7.70. The fourth-order valence-electron chi connectivity index (χ4n) is 3.01. The van der Waals surface area contributed by atoms with E-state index in [2.05, 4.69) is 33.3 Å². The van der Waals surface area contributed by atoms with E-state index in [0.29, 0.717) is 6.10 Å². The molecule has 2 aromatic rings. The molecule has 5 nitrogen and oxygen atoms in total. The minimum Gasteiger partial charge on any atom is -0.378 e. The molecule has 0 atom stereocenters. The van der Waals surface area contributed by atoms with Crippen molar-refractivity contribution in [2.24, 2.45) is 0 Å². The molecular formula is C18H26N4O. The Morgan fingerprint density at radius 2 is 2.00 bits per heavy atom. The van der Waals surface area contributed by atoms with Crippen molar-refractivity contribution < 1.29 is 4.74 Å². The standard InChI is InChI=1S/C18H26N4O/c1-14-20-17-7-4-3-6-16(17)18(21-14)19-10-5-13-23-15-8-11-22(2)12-9-15/h3-4,6-7,15H,5,8-13H2,1-2H3,(H,19,20,21). The van der Waals surface area contributed by atoms with Crippen LogP contribution in [0.15, 0.2) is 24.3 Å². The zero-order chi connectivity index (χ0) is 16.1. The number of aryl methyl sites for hydroxylation is 1. The quantitative estimate of drug-likeness (QED) is 0.831. The van der Waals surface area contributed by atoms with E-state index in [4.69, 9.17) is 4.74 Å². The van der Waals surface area contributed by atoms with Gasteiger partial charge in [-0.1, -0.05) is 12.1 Å². The van der Waals surface area contributed by atoms with E-state index in [-0.39, 0.29) is 0 Å². The molecule has 124 valence electrons. The van der Waals surface area contributed by atoms with Gasteiger partial charge in [0.25, 0.3) is 0 Å². The van der Waals surface area contributed by atoms with Crippen LogP contribution in [0.4, 0.5) is 5.82 Å². The topological polar surface area (TPSA) is 50.3 Å². The second-order valence-electron chi connectivity index (χ2n) is 6.29. The molecule has 0 amide bonds. The lowest BCUT2D eigenvalue weighted by molar-refractivity contribution is 0.0125. The van der Waals surface area contributed by atoms with Crippen molar-refractivity contribution in [3.05, 3.63) is 30.1 Å². The zero-order valence-electron chi connectivity index (χ0n) is 14.1. The maximum absolute atomic E-state index is 5.98. The minimum atomic E-state index is 0.438. The molecule has 1 saturated heterocycles. The molecule has 1 fully saturated rings. The number of benzene rings is 1. The largest absolute Gasteiger partial charge is 0.378 e. The summed E-state index contributed by atoms with van der Waals surface area (Å²) < 4.78 is 5.98. The molecule has 0 bridgehead atoms. The summed E-state index contributed by atoms with van der Waals surface area (Å²) in [6.45, 7) is 5.90. The van der Waals surface area contributed by atoms with Gasteiger partial charge in [-0.2, -0.15) is 0 Å². The first-order valence-corrected chi connectivity index (χ1v) is 8.50. The molecule has 0 saturated carbocycles. The number of nitrogens with one attached hydrogen (secondary N) is 1. The average Bonchev–Trinajstić information content (AvgIpc) is 2.56. The third kappa shape index (κ3) is 4.39. The number of rotatable bonds is 6. The number of aromatic nitrogens is 2. The molecule has 3 rings (SSSR count). The summed E-state index contributed by atoms with van der Waals surface area (Å²) >= 11 is 0. The third-order valence-electron chi connectivity index (χ3n) is 4.35. The van der Waals surface area contributed by atoms with E-state index >= 15 is 0 Å². The van der Waals surface area contributed by atoms with Gasteiger partial charge in [-0.15, -0.1) is 0 Å². The Morgan fingerprint density at radius 1 is 1.22 bits per heavy atom. The molecule has 5 heteroatoms. The molecule has 1 aliphatic rings. The molecule has 0 radical (unpaired) electrons. The van der Waals surface area contributed by atoms with Crippen LogP contribution in [0.5, 0.6) is 0 Å². The summed E-state index contributed by atoms with van der Waals surface area (Å²) in [6.07, 6.45) is 3.73. The van der Waals surface area contributed by atoms with Crippen LogP contribution in [-0.4, -0.2) is 54.3 Å². The van der Waals surface area contributed by atoms with Crippen LogP contribution >= 0.6 is 0 Å². The van der Waals surface area contributed by atoms with Crippen molar-refractivity contribution in [1.82, 2.24) is 14.9 Å². The molecule has 1 aliphatic heterocycles. The Kier molecular flexibility index (Phi) is 5.41. The molecule has 0 aliphatic carbocycles. The van der Waals surface area contributed by atoms with Crippen molar-refractivity contribution >= 4 is 16.7 Å². The Bertz CT molecular complexity index is 638. The highest BCUT2D eigenvalue weighted by atomic mass is 16.5. The second-order valence-corrected chi connectivity index (χ2v) is 6.29. The lowest BCUT2D eigenvalue weighted by atomic mass is 10.1. The predicted octanol–water partition coefficient (Wildman–Crippen LogP) is 2.85. The van der Waals surface area contributed by atoms with E-state index in [1.807, 2.05) is 25.1 Å². The van der Waals surface area contributed by atoms with Gasteiger partial charge in [-0.3, -0.25) is 0 Å². The van der Waals surface area contributed by atoms with Crippen molar-refractivity contribution in [3.8, 4) is 0 Å². The van der Waals surface area contributed by atoms with Gasteiger partial charge in [0.2, 0.25) is 0 Å². The van der Waals surface area contributed by atoms with Gasteiger partial charge in [-0.05, 0) is 45.4 Å². The summed E-state index contributed by atoms with van der Waals surface area (Å²) in [4.78, 5) is 11.4. The summed E-state index contributed by atoms with van der Waals surface area (Å²) in [6, 6.07) is 8.12. The van der Waals surface area contributed by atoms with E-state index in [1.165, 1.54) is 0 Å².